The van der Waals surface area contributed by atoms with Crippen LogP contribution in [0.3, 0.4) is 0 Å². The van der Waals surface area contributed by atoms with Gasteiger partial charge in [-0.15, -0.1) is 0 Å². The highest BCUT2D eigenvalue weighted by atomic mass is 16.5. The van der Waals surface area contributed by atoms with Gasteiger partial charge in [-0.05, 0) is 134 Å². The molecule has 62 heavy (non-hydrogen) atoms. The molecular weight excluding hydrogens is 793 g/mol. The molecule has 0 bridgehead atoms. The summed E-state index contributed by atoms with van der Waals surface area (Å²) in [6.45, 7) is 0. The first-order valence-corrected chi connectivity index (χ1v) is 22.4. The van der Waals surface area contributed by atoms with Crippen LogP contribution in [0.15, 0.2) is 65.3 Å². The summed E-state index contributed by atoms with van der Waals surface area (Å²) in [6, 6.07) is 12.0. The first-order valence-electron chi connectivity index (χ1n) is 22.4. The third-order valence-electron chi connectivity index (χ3n) is 13.6. The van der Waals surface area contributed by atoms with E-state index >= 15 is 0 Å². The molecule has 0 saturated heterocycles. The first-order chi connectivity index (χ1) is 29.8. The van der Waals surface area contributed by atoms with Crippen LogP contribution in [0.1, 0.15) is 112 Å². The summed E-state index contributed by atoms with van der Waals surface area (Å²) in [5.74, 6) is -0.666. The van der Waals surface area contributed by atoms with Crippen LogP contribution in [0.5, 0.6) is 0 Å². The second kappa shape index (κ2) is 21.6. The van der Waals surface area contributed by atoms with E-state index < -0.39 is 48.2 Å². The summed E-state index contributed by atoms with van der Waals surface area (Å²) in [5.41, 5.74) is 15.4. The molecule has 0 spiro atoms. The standard InChI is InChI=1S/C47H66N6O9/c48-34(14-9-29(27-55)10-15-42(56)57)5-3-6-35-32(13-12-31-22-30-11-8-28(16-20-54)21-33(30)23-36(31)35)24-38(51-41-7-4-19-50-41)37(25-43(58)59)39-26-40(53-46(49)52-39)44(60)45(61)47(62)17-1-2-18-47/h4,7-8,11,19-23,25,27,29,32,34-35,38-40,42,44-45,50-51,56-57,60-62H,1-3,5-6,9-10,12-18,24,26,48H2,(H,58,59)(H3,49,52,53). The van der Waals surface area contributed by atoms with Gasteiger partial charge in [-0.2, -0.15) is 0 Å². The lowest BCUT2D eigenvalue weighted by molar-refractivity contribution is -0.131. The van der Waals surface area contributed by atoms with Gasteiger partial charge in [0.1, 0.15) is 30.6 Å². The van der Waals surface area contributed by atoms with E-state index in [-0.39, 0.29) is 42.6 Å². The summed E-state index contributed by atoms with van der Waals surface area (Å²) in [7, 11) is 0. The van der Waals surface area contributed by atoms with Crippen LogP contribution < -0.4 is 22.1 Å². The van der Waals surface area contributed by atoms with Crippen LogP contribution in [-0.2, 0) is 27.2 Å². The minimum absolute atomic E-state index is 0.00193. The molecular formula is C47H66N6O9. The second-order valence-corrected chi connectivity index (χ2v) is 18.0. The van der Waals surface area contributed by atoms with Crippen LogP contribution in [-0.4, -0.2) is 108 Å². The van der Waals surface area contributed by atoms with E-state index in [1.54, 1.807) is 6.20 Å². The number of nitrogens with one attached hydrogen (secondary N) is 3. The van der Waals surface area contributed by atoms with E-state index in [1.807, 2.05) is 18.2 Å². The molecule has 9 unspecified atom stereocenters. The maximum Gasteiger partial charge on any atom is 0.328 e. The predicted octanol–water partition coefficient (Wildman–Crippen LogP) is 3.69. The van der Waals surface area contributed by atoms with Gasteiger partial charge in [0.15, 0.2) is 12.2 Å². The van der Waals surface area contributed by atoms with Crippen LogP contribution in [0, 0.1) is 11.8 Å². The lowest BCUT2D eigenvalue weighted by Crippen LogP contribution is -2.60. The number of benzene rings is 2. The van der Waals surface area contributed by atoms with Crippen molar-refractivity contribution in [3.8, 4) is 0 Å². The van der Waals surface area contributed by atoms with Gasteiger partial charge in [0, 0.05) is 30.7 Å². The number of aryl methyl sites for hydroxylation is 1. The average molecular weight is 859 g/mol. The number of aromatic nitrogens is 1. The Labute approximate surface area is 363 Å². The van der Waals surface area contributed by atoms with Gasteiger partial charge in [-0.3, -0.25) is 0 Å². The number of aromatic amines is 1. The number of hydrogen-bond acceptors (Lipinski definition) is 13. The smallest absolute Gasteiger partial charge is 0.328 e. The molecule has 15 heteroatoms. The number of aliphatic carboxylic acids is 1. The quantitative estimate of drug-likeness (QED) is 0.0369. The molecule has 3 aliphatic rings. The highest BCUT2D eigenvalue weighted by Gasteiger charge is 2.46. The summed E-state index contributed by atoms with van der Waals surface area (Å²) < 4.78 is 0. The van der Waals surface area contributed by atoms with E-state index in [9.17, 15) is 45.0 Å². The minimum atomic E-state index is -1.45. The third kappa shape index (κ3) is 12.1. The van der Waals surface area contributed by atoms with Crippen LogP contribution in [0.25, 0.3) is 10.8 Å². The van der Waals surface area contributed by atoms with Crippen molar-refractivity contribution in [3.63, 3.8) is 0 Å². The van der Waals surface area contributed by atoms with Gasteiger partial charge in [-0.1, -0.05) is 49.6 Å². The molecule has 13 N–H and O–H groups in total. The minimum Gasteiger partial charge on any atom is -0.478 e. The third-order valence-corrected chi connectivity index (χ3v) is 13.6. The molecule has 1 aliphatic heterocycles. The number of aliphatic hydroxyl groups is 5. The Morgan fingerprint density at radius 1 is 1.00 bits per heavy atom. The zero-order valence-electron chi connectivity index (χ0n) is 35.4. The largest absolute Gasteiger partial charge is 0.478 e. The number of H-pyrrole nitrogens is 1. The van der Waals surface area contributed by atoms with Gasteiger partial charge in [0.05, 0.1) is 23.7 Å². The van der Waals surface area contributed by atoms with Gasteiger partial charge >= 0.3 is 5.97 Å². The molecule has 2 aromatic carbocycles. The lowest BCUT2D eigenvalue weighted by atomic mass is 9.69. The van der Waals surface area contributed by atoms with E-state index in [4.69, 9.17) is 11.5 Å². The molecule has 338 valence electrons. The van der Waals surface area contributed by atoms with E-state index in [1.165, 1.54) is 17.2 Å². The number of aliphatic hydroxyl groups excluding tert-OH is 3. The van der Waals surface area contributed by atoms with Crippen molar-refractivity contribution >= 4 is 41.1 Å². The van der Waals surface area contributed by atoms with Gasteiger partial charge in [-0.25, -0.2) is 9.79 Å². The Morgan fingerprint density at radius 3 is 2.47 bits per heavy atom. The van der Waals surface area contributed by atoms with Crippen molar-refractivity contribution < 1.29 is 45.0 Å². The second-order valence-electron chi connectivity index (χ2n) is 18.0. The molecule has 15 nitrogen and oxygen atoms in total. The van der Waals surface area contributed by atoms with Crippen molar-refractivity contribution in [3.05, 3.63) is 77.0 Å². The van der Waals surface area contributed by atoms with Gasteiger partial charge in [0.2, 0.25) is 0 Å². The molecule has 1 aromatic heterocycles. The number of anilines is 1. The highest BCUT2D eigenvalue weighted by Crippen LogP contribution is 2.45. The monoisotopic (exact) mass is 858 g/mol. The van der Waals surface area contributed by atoms with Crippen molar-refractivity contribution in [2.75, 3.05) is 5.32 Å². The average Bonchev–Trinajstić information content (AvgIpc) is 3.94. The maximum atomic E-state index is 12.7. The number of carboxylic acids is 1. The fourth-order valence-electron chi connectivity index (χ4n) is 10.2. The normalized spacial score (nSPS) is 23.7. The van der Waals surface area contributed by atoms with Crippen molar-refractivity contribution in [2.45, 2.75) is 157 Å². The van der Waals surface area contributed by atoms with Crippen LogP contribution in [0.2, 0.25) is 0 Å². The fourth-order valence-corrected chi connectivity index (χ4v) is 10.2. The number of aliphatic imine (C=N–C) groups is 1. The number of hydrogen-bond donors (Lipinski definition) is 11. The first kappa shape index (κ1) is 46.9. The van der Waals surface area contributed by atoms with Crippen molar-refractivity contribution in [1.29, 1.82) is 0 Å². The summed E-state index contributed by atoms with van der Waals surface area (Å²) in [4.78, 5) is 43.7. The number of carbonyl (C=O) groups excluding carboxylic acids is 2. The molecule has 2 aliphatic carbocycles. The number of aldehydes is 2. The van der Waals surface area contributed by atoms with E-state index in [0.717, 1.165) is 67.4 Å². The predicted molar refractivity (Wildman–Crippen MR) is 237 cm³/mol. The van der Waals surface area contributed by atoms with Crippen LogP contribution in [0.4, 0.5) is 5.82 Å². The number of nitrogens with two attached hydrogens (primary N) is 2. The van der Waals surface area contributed by atoms with E-state index in [2.05, 4.69) is 44.9 Å². The zero-order chi connectivity index (χ0) is 44.4. The number of carbonyl (C=O) groups is 3. The Hall–Kier alpha value is -4.64. The summed E-state index contributed by atoms with van der Waals surface area (Å²) in [6.07, 6.45) is 9.20. The number of rotatable bonds is 23. The SMILES string of the molecule is NC1=NC(C(=CC(=O)O)C(CC2CCc3cc4ccc(CC=O)cc4cc3C2CCCC(N)CCC(C=O)CCC(O)O)Nc2ccc[nH]2)CC(C(O)C(O)C2(O)CCCC2)N1. The number of fused-ring (bicyclic) bond motifs is 2. The summed E-state index contributed by atoms with van der Waals surface area (Å²) in [5, 5.41) is 71.5. The molecule has 9 atom stereocenters. The molecule has 0 amide bonds. The van der Waals surface area contributed by atoms with Crippen molar-refractivity contribution in [2.24, 2.45) is 28.3 Å². The van der Waals surface area contributed by atoms with Gasteiger partial charge in [0.25, 0.3) is 0 Å². The number of nitrogens with zero attached hydrogens (tertiary/aromatic N) is 1. The molecule has 6 rings (SSSR count). The Balaban J connectivity index is 1.29. The molecule has 1 fully saturated rings. The number of carboxylic acid groups (broad SMARTS) is 1. The Bertz CT molecular complexity index is 2020. The lowest BCUT2D eigenvalue weighted by Gasteiger charge is -2.41. The molecule has 1 saturated carbocycles. The van der Waals surface area contributed by atoms with Gasteiger partial charge < -0.3 is 67.3 Å². The van der Waals surface area contributed by atoms with Crippen molar-refractivity contribution in [1.82, 2.24) is 10.3 Å². The molecule has 3 aromatic rings. The zero-order valence-corrected chi connectivity index (χ0v) is 35.4. The fraction of sp³-hybridized carbons (Fsp3) is 0.574. The van der Waals surface area contributed by atoms with Crippen LogP contribution >= 0.6 is 0 Å². The molecule has 0 radical (unpaired) electrons. The van der Waals surface area contributed by atoms with E-state index in [0.29, 0.717) is 62.8 Å². The Kier molecular flexibility index (Phi) is 16.3. The summed E-state index contributed by atoms with van der Waals surface area (Å²) >= 11 is 0. The topological polar surface area (TPSA) is 277 Å². The Morgan fingerprint density at radius 2 is 1.77 bits per heavy atom. The highest BCUT2D eigenvalue weighted by molar-refractivity contribution is 5.86. The maximum absolute atomic E-state index is 12.7. The molecule has 2 heterocycles. The number of guanidine groups is 1.